The summed E-state index contributed by atoms with van der Waals surface area (Å²) in [4.78, 5) is 21.7. The lowest BCUT2D eigenvalue weighted by Gasteiger charge is -1.86. The lowest BCUT2D eigenvalue weighted by Crippen LogP contribution is -1.94. The summed E-state index contributed by atoms with van der Waals surface area (Å²) in [6, 6.07) is 8.78. The maximum Gasteiger partial charge on any atom is 0.328 e. The molecule has 0 saturated carbocycles. The first-order valence-electron chi connectivity index (χ1n) is 4.61. The van der Waals surface area contributed by atoms with Gasteiger partial charge in [0.25, 0.3) is 0 Å². The van der Waals surface area contributed by atoms with E-state index in [1.54, 1.807) is 18.2 Å². The van der Waals surface area contributed by atoms with Crippen LogP contribution >= 0.6 is 0 Å². The zero-order valence-corrected chi connectivity index (χ0v) is 8.21. The fourth-order valence-corrected chi connectivity index (χ4v) is 1.33. The number of ketones is 1. The van der Waals surface area contributed by atoms with E-state index in [1.165, 1.54) is 0 Å². The average Bonchev–Trinajstić information content (AvgIpc) is 2.69. The van der Waals surface area contributed by atoms with Crippen LogP contribution in [0, 0.1) is 0 Å². The predicted octanol–water partition coefficient (Wildman–Crippen LogP) is 2.26. The third kappa shape index (κ3) is 2.00. The van der Waals surface area contributed by atoms with Gasteiger partial charge in [0.1, 0.15) is 5.58 Å². The van der Waals surface area contributed by atoms with E-state index in [-0.39, 0.29) is 5.76 Å². The van der Waals surface area contributed by atoms with E-state index in [1.807, 2.05) is 12.1 Å². The van der Waals surface area contributed by atoms with Gasteiger partial charge < -0.3 is 9.52 Å². The molecule has 1 N–H and O–H groups in total. The van der Waals surface area contributed by atoms with Gasteiger partial charge in [-0.2, -0.15) is 0 Å². The molecular weight excluding hydrogens is 208 g/mol. The number of carbonyl (C=O) groups excluding carboxylic acids is 1. The van der Waals surface area contributed by atoms with Crippen LogP contribution in [0.15, 0.2) is 46.9 Å². The highest BCUT2D eigenvalue weighted by Gasteiger charge is 2.09. The molecule has 2 rings (SSSR count). The molecule has 0 aliphatic carbocycles. The van der Waals surface area contributed by atoms with Crippen molar-refractivity contribution in [1.82, 2.24) is 0 Å². The number of carboxylic acid groups (broad SMARTS) is 1. The number of carboxylic acids is 1. The van der Waals surface area contributed by atoms with Crippen molar-refractivity contribution in [1.29, 1.82) is 0 Å². The van der Waals surface area contributed by atoms with Gasteiger partial charge in [-0.3, -0.25) is 4.79 Å². The molecule has 0 atom stereocenters. The molecule has 1 aromatic heterocycles. The zero-order chi connectivity index (χ0) is 11.5. The van der Waals surface area contributed by atoms with E-state index in [0.29, 0.717) is 5.58 Å². The summed E-state index contributed by atoms with van der Waals surface area (Å²) in [7, 11) is 0. The van der Waals surface area contributed by atoms with Crippen molar-refractivity contribution in [2.75, 3.05) is 0 Å². The molecule has 0 bridgehead atoms. The number of fused-ring (bicyclic) bond motifs is 1. The summed E-state index contributed by atoms with van der Waals surface area (Å²) in [5, 5.41) is 9.19. The molecule has 1 aromatic carbocycles. The third-order valence-corrected chi connectivity index (χ3v) is 2.05. The highest BCUT2D eigenvalue weighted by Crippen LogP contribution is 2.19. The van der Waals surface area contributed by atoms with Crippen LogP contribution in [-0.2, 0) is 4.79 Å². The normalized spacial score (nSPS) is 11.0. The van der Waals surface area contributed by atoms with Crippen LogP contribution in [-0.4, -0.2) is 16.9 Å². The molecular formula is C12H8O4. The summed E-state index contributed by atoms with van der Waals surface area (Å²) in [5.41, 5.74) is 0.606. The fraction of sp³-hybridized carbons (Fsp3) is 0. The fourth-order valence-electron chi connectivity index (χ4n) is 1.33. The largest absolute Gasteiger partial charge is 0.478 e. The Labute approximate surface area is 90.8 Å². The number of hydrogen-bond donors (Lipinski definition) is 1. The number of rotatable bonds is 3. The van der Waals surface area contributed by atoms with E-state index in [2.05, 4.69) is 0 Å². The second kappa shape index (κ2) is 4.02. The van der Waals surface area contributed by atoms with Crippen molar-refractivity contribution in [2.45, 2.75) is 0 Å². The van der Waals surface area contributed by atoms with Crippen LogP contribution < -0.4 is 0 Å². The van der Waals surface area contributed by atoms with Crippen LogP contribution in [0.25, 0.3) is 11.0 Å². The topological polar surface area (TPSA) is 67.5 Å². The summed E-state index contributed by atoms with van der Waals surface area (Å²) in [6.45, 7) is 0. The van der Waals surface area contributed by atoms with Crippen LogP contribution in [0.3, 0.4) is 0 Å². The van der Waals surface area contributed by atoms with E-state index >= 15 is 0 Å². The van der Waals surface area contributed by atoms with E-state index in [4.69, 9.17) is 9.52 Å². The Morgan fingerprint density at radius 2 is 1.94 bits per heavy atom. The molecule has 2 aromatic rings. The molecule has 0 spiro atoms. The van der Waals surface area contributed by atoms with Crippen molar-refractivity contribution < 1.29 is 19.1 Å². The molecule has 0 radical (unpaired) electrons. The highest BCUT2D eigenvalue weighted by atomic mass is 16.4. The second-order valence-electron chi connectivity index (χ2n) is 3.18. The predicted molar refractivity (Wildman–Crippen MR) is 57.3 cm³/mol. The van der Waals surface area contributed by atoms with Crippen LogP contribution in [0.2, 0.25) is 0 Å². The monoisotopic (exact) mass is 216 g/mol. The molecule has 80 valence electrons. The Balaban J connectivity index is 2.33. The Morgan fingerprint density at radius 3 is 2.62 bits per heavy atom. The van der Waals surface area contributed by atoms with Gasteiger partial charge in [0.15, 0.2) is 5.76 Å². The van der Waals surface area contributed by atoms with Gasteiger partial charge in [-0.25, -0.2) is 4.79 Å². The van der Waals surface area contributed by atoms with Crippen LogP contribution in [0.5, 0.6) is 0 Å². The zero-order valence-electron chi connectivity index (χ0n) is 8.21. The number of para-hydroxylation sites is 1. The van der Waals surface area contributed by atoms with Crippen molar-refractivity contribution in [2.24, 2.45) is 0 Å². The Bertz CT molecular complexity index is 544. The first-order valence-corrected chi connectivity index (χ1v) is 4.61. The van der Waals surface area contributed by atoms with Gasteiger partial charge in [0.2, 0.25) is 5.78 Å². The Morgan fingerprint density at radius 1 is 1.19 bits per heavy atom. The number of benzene rings is 1. The Hall–Kier alpha value is -2.36. The molecule has 0 amide bonds. The van der Waals surface area contributed by atoms with Gasteiger partial charge >= 0.3 is 5.97 Å². The molecule has 4 heteroatoms. The smallest absolute Gasteiger partial charge is 0.328 e. The molecule has 0 unspecified atom stereocenters. The van der Waals surface area contributed by atoms with Crippen LogP contribution in [0.1, 0.15) is 10.6 Å². The minimum atomic E-state index is -1.16. The quantitative estimate of drug-likeness (QED) is 0.631. The van der Waals surface area contributed by atoms with Gasteiger partial charge in [-0.05, 0) is 18.2 Å². The third-order valence-electron chi connectivity index (χ3n) is 2.05. The van der Waals surface area contributed by atoms with E-state index in [9.17, 15) is 9.59 Å². The van der Waals surface area contributed by atoms with Crippen molar-refractivity contribution >= 4 is 22.7 Å². The number of carbonyl (C=O) groups is 2. The molecule has 4 nitrogen and oxygen atoms in total. The first-order chi connectivity index (χ1) is 7.66. The van der Waals surface area contributed by atoms with Gasteiger partial charge in [0.05, 0.1) is 0 Å². The van der Waals surface area contributed by atoms with Crippen molar-refractivity contribution in [3.8, 4) is 0 Å². The number of allylic oxidation sites excluding steroid dienone is 1. The second-order valence-corrected chi connectivity index (χ2v) is 3.18. The Kier molecular flexibility index (Phi) is 2.55. The minimum absolute atomic E-state index is 0.138. The minimum Gasteiger partial charge on any atom is -0.478 e. The standard InChI is InChI=1S/C12H8O4/c13-9(5-6-12(14)15)11-7-8-3-1-2-4-10(8)16-11/h1-7H,(H,14,15)/b6-5+. The van der Waals surface area contributed by atoms with E-state index < -0.39 is 11.8 Å². The lowest BCUT2D eigenvalue weighted by atomic mass is 10.2. The number of aliphatic carboxylic acids is 1. The highest BCUT2D eigenvalue weighted by molar-refractivity contribution is 6.06. The SMILES string of the molecule is O=C(O)/C=C/C(=O)c1cc2ccccc2o1. The summed E-state index contributed by atoms with van der Waals surface area (Å²) < 4.78 is 5.27. The maximum absolute atomic E-state index is 11.5. The molecule has 0 aliphatic heterocycles. The summed E-state index contributed by atoms with van der Waals surface area (Å²) in [6.07, 6.45) is 1.76. The molecule has 1 heterocycles. The molecule has 16 heavy (non-hydrogen) atoms. The van der Waals surface area contributed by atoms with E-state index in [0.717, 1.165) is 17.5 Å². The molecule has 0 aliphatic rings. The van der Waals surface area contributed by atoms with Crippen LogP contribution in [0.4, 0.5) is 0 Å². The first kappa shape index (κ1) is 10.2. The molecule has 0 fully saturated rings. The average molecular weight is 216 g/mol. The molecule has 0 saturated heterocycles. The number of furan rings is 1. The summed E-state index contributed by atoms with van der Waals surface area (Å²) in [5.74, 6) is -1.48. The van der Waals surface area contributed by atoms with Gasteiger partial charge in [0, 0.05) is 11.5 Å². The number of hydrogen-bond acceptors (Lipinski definition) is 3. The maximum atomic E-state index is 11.5. The van der Waals surface area contributed by atoms with Gasteiger partial charge in [-0.1, -0.05) is 18.2 Å². The van der Waals surface area contributed by atoms with Crippen molar-refractivity contribution in [3.63, 3.8) is 0 Å². The summed E-state index contributed by atoms with van der Waals surface area (Å²) >= 11 is 0. The van der Waals surface area contributed by atoms with Gasteiger partial charge in [-0.15, -0.1) is 0 Å². The van der Waals surface area contributed by atoms with Crippen molar-refractivity contribution in [3.05, 3.63) is 48.2 Å². The lowest BCUT2D eigenvalue weighted by molar-refractivity contribution is -0.131.